The van der Waals surface area contributed by atoms with Gasteiger partial charge in [-0.3, -0.25) is 0 Å². The first-order chi connectivity index (χ1) is 6.02. The molecule has 3 nitrogen and oxygen atoms in total. The lowest BCUT2D eigenvalue weighted by molar-refractivity contribution is 0.180. The van der Waals surface area contributed by atoms with Gasteiger partial charge in [0.25, 0.3) is 0 Å². The molecule has 0 spiro atoms. The van der Waals surface area contributed by atoms with Gasteiger partial charge in [-0.25, -0.2) is 0 Å². The monoisotopic (exact) mass is 188 g/mol. The van der Waals surface area contributed by atoms with E-state index in [-0.39, 0.29) is 6.10 Å². The molecule has 0 aromatic carbocycles. The van der Waals surface area contributed by atoms with Crippen LogP contribution in [-0.4, -0.2) is 49.3 Å². The zero-order chi connectivity index (χ0) is 10.3. The Kier molecular flexibility index (Phi) is 7.23. The lowest BCUT2D eigenvalue weighted by Gasteiger charge is -2.18. The topological polar surface area (TPSA) is 35.5 Å². The minimum absolute atomic E-state index is 0.161. The normalized spacial score (nSPS) is 16.2. The minimum Gasteiger partial charge on any atom is -0.393 e. The second kappa shape index (κ2) is 7.30. The highest BCUT2D eigenvalue weighted by molar-refractivity contribution is 4.63. The summed E-state index contributed by atoms with van der Waals surface area (Å²) in [6, 6.07) is 0.531. The van der Waals surface area contributed by atoms with Gasteiger partial charge in [0, 0.05) is 12.6 Å². The van der Waals surface area contributed by atoms with Crippen molar-refractivity contribution in [1.82, 2.24) is 10.2 Å². The van der Waals surface area contributed by atoms with Crippen molar-refractivity contribution in [2.45, 2.75) is 38.8 Å². The van der Waals surface area contributed by atoms with Crippen LogP contribution in [0.15, 0.2) is 0 Å². The summed E-state index contributed by atoms with van der Waals surface area (Å²) in [5.41, 5.74) is 0. The molecule has 2 atom stereocenters. The molecule has 3 heteroatoms. The molecular weight excluding hydrogens is 164 g/mol. The van der Waals surface area contributed by atoms with Gasteiger partial charge in [-0.05, 0) is 47.3 Å². The Bertz CT molecular complexity index is 115. The van der Waals surface area contributed by atoms with Crippen LogP contribution in [0.5, 0.6) is 0 Å². The van der Waals surface area contributed by atoms with Crippen molar-refractivity contribution in [1.29, 1.82) is 0 Å². The largest absolute Gasteiger partial charge is 0.393 e. The second-order valence-electron chi connectivity index (χ2n) is 4.11. The summed E-state index contributed by atoms with van der Waals surface area (Å²) in [5.74, 6) is 0. The van der Waals surface area contributed by atoms with Crippen LogP contribution in [0.1, 0.15) is 26.7 Å². The molecule has 2 N–H and O–H groups in total. The first-order valence-corrected chi connectivity index (χ1v) is 5.08. The third kappa shape index (κ3) is 9.80. The standard InChI is InChI=1S/C10H24N2O/c1-9(8-12(3)4)11-7-5-6-10(2)13/h9-11,13H,5-8H2,1-4H3. The Balaban J connectivity index is 3.22. The summed E-state index contributed by atoms with van der Waals surface area (Å²) in [6.45, 7) is 6.08. The third-order valence-electron chi connectivity index (χ3n) is 1.93. The molecule has 0 aromatic heterocycles. The number of aliphatic hydroxyl groups excluding tert-OH is 1. The molecule has 0 aliphatic rings. The number of likely N-dealkylation sites (N-methyl/N-ethyl adjacent to an activating group) is 1. The van der Waals surface area contributed by atoms with E-state index >= 15 is 0 Å². The van der Waals surface area contributed by atoms with Crippen molar-refractivity contribution in [3.05, 3.63) is 0 Å². The predicted octanol–water partition coefficient (Wildman–Crippen LogP) is 0.687. The maximum atomic E-state index is 9.03. The quantitative estimate of drug-likeness (QED) is 0.577. The van der Waals surface area contributed by atoms with E-state index in [0.29, 0.717) is 6.04 Å². The first kappa shape index (κ1) is 12.9. The van der Waals surface area contributed by atoms with Gasteiger partial charge in [-0.1, -0.05) is 0 Å². The van der Waals surface area contributed by atoms with Crippen molar-refractivity contribution < 1.29 is 5.11 Å². The number of nitrogens with one attached hydrogen (secondary N) is 1. The Morgan fingerprint density at radius 3 is 2.38 bits per heavy atom. The molecule has 0 saturated heterocycles. The lowest BCUT2D eigenvalue weighted by atomic mass is 10.2. The molecule has 0 heterocycles. The minimum atomic E-state index is -0.161. The van der Waals surface area contributed by atoms with Gasteiger partial charge in [-0.15, -0.1) is 0 Å². The van der Waals surface area contributed by atoms with Crippen LogP contribution >= 0.6 is 0 Å². The van der Waals surface area contributed by atoms with Gasteiger partial charge in [-0.2, -0.15) is 0 Å². The van der Waals surface area contributed by atoms with E-state index in [1.54, 1.807) is 0 Å². The fraction of sp³-hybridized carbons (Fsp3) is 1.00. The molecule has 2 unspecified atom stereocenters. The fourth-order valence-electron chi connectivity index (χ4n) is 1.36. The summed E-state index contributed by atoms with van der Waals surface area (Å²) in [7, 11) is 4.15. The second-order valence-corrected chi connectivity index (χ2v) is 4.11. The van der Waals surface area contributed by atoms with Gasteiger partial charge in [0.05, 0.1) is 6.10 Å². The lowest BCUT2D eigenvalue weighted by Crippen LogP contribution is -2.36. The van der Waals surface area contributed by atoms with Crippen molar-refractivity contribution in [2.24, 2.45) is 0 Å². The number of hydrogen-bond donors (Lipinski definition) is 2. The highest BCUT2D eigenvalue weighted by atomic mass is 16.3. The zero-order valence-corrected chi connectivity index (χ0v) is 9.38. The molecule has 0 aromatic rings. The van der Waals surface area contributed by atoms with E-state index in [1.807, 2.05) is 6.92 Å². The van der Waals surface area contributed by atoms with Gasteiger partial charge >= 0.3 is 0 Å². The maximum absolute atomic E-state index is 9.03. The maximum Gasteiger partial charge on any atom is 0.0512 e. The highest BCUT2D eigenvalue weighted by Crippen LogP contribution is 1.94. The third-order valence-corrected chi connectivity index (χ3v) is 1.93. The molecule has 0 fully saturated rings. The molecule has 0 aliphatic heterocycles. The summed E-state index contributed by atoms with van der Waals surface area (Å²) in [6.07, 6.45) is 1.78. The van der Waals surface area contributed by atoms with Crippen LogP contribution in [0.25, 0.3) is 0 Å². The van der Waals surface area contributed by atoms with Gasteiger partial charge in [0.15, 0.2) is 0 Å². The van der Waals surface area contributed by atoms with Crippen LogP contribution in [0.4, 0.5) is 0 Å². The first-order valence-electron chi connectivity index (χ1n) is 5.08. The van der Waals surface area contributed by atoms with Crippen LogP contribution in [-0.2, 0) is 0 Å². The van der Waals surface area contributed by atoms with Crippen LogP contribution in [0.3, 0.4) is 0 Å². The van der Waals surface area contributed by atoms with E-state index in [1.165, 1.54) is 0 Å². The molecule has 0 aliphatic carbocycles. The molecule has 13 heavy (non-hydrogen) atoms. The van der Waals surface area contributed by atoms with Gasteiger partial charge in [0.1, 0.15) is 0 Å². The van der Waals surface area contributed by atoms with E-state index in [4.69, 9.17) is 5.11 Å². The SMILES string of the molecule is CC(O)CCCNC(C)CN(C)C. The Morgan fingerprint density at radius 1 is 1.31 bits per heavy atom. The predicted molar refractivity (Wildman–Crippen MR) is 56.9 cm³/mol. The van der Waals surface area contributed by atoms with E-state index in [2.05, 4.69) is 31.2 Å². The number of hydrogen-bond acceptors (Lipinski definition) is 3. The van der Waals surface area contributed by atoms with Crippen LogP contribution in [0, 0.1) is 0 Å². The van der Waals surface area contributed by atoms with Crippen LogP contribution in [0.2, 0.25) is 0 Å². The smallest absolute Gasteiger partial charge is 0.0512 e. The summed E-state index contributed by atoms with van der Waals surface area (Å²) in [5, 5.41) is 12.4. The van der Waals surface area contributed by atoms with E-state index in [9.17, 15) is 0 Å². The fourth-order valence-corrected chi connectivity index (χ4v) is 1.36. The Hall–Kier alpha value is -0.120. The molecule has 0 amide bonds. The van der Waals surface area contributed by atoms with Crippen molar-refractivity contribution in [2.75, 3.05) is 27.2 Å². The Labute approximate surface area is 82.1 Å². The summed E-state index contributed by atoms with van der Waals surface area (Å²) < 4.78 is 0. The zero-order valence-electron chi connectivity index (χ0n) is 9.38. The van der Waals surface area contributed by atoms with Crippen molar-refractivity contribution in [3.8, 4) is 0 Å². The molecular formula is C10H24N2O. The molecule has 0 bridgehead atoms. The molecule has 0 radical (unpaired) electrons. The van der Waals surface area contributed by atoms with Gasteiger partial charge in [0.2, 0.25) is 0 Å². The van der Waals surface area contributed by atoms with E-state index in [0.717, 1.165) is 25.9 Å². The average Bonchev–Trinajstić information content (AvgIpc) is 1.96. The van der Waals surface area contributed by atoms with Gasteiger partial charge < -0.3 is 15.3 Å². The molecule has 0 rings (SSSR count). The van der Waals surface area contributed by atoms with E-state index < -0.39 is 0 Å². The molecule has 80 valence electrons. The van der Waals surface area contributed by atoms with Crippen molar-refractivity contribution in [3.63, 3.8) is 0 Å². The molecule has 0 saturated carbocycles. The number of aliphatic hydroxyl groups is 1. The number of rotatable bonds is 7. The summed E-state index contributed by atoms with van der Waals surface area (Å²) >= 11 is 0. The van der Waals surface area contributed by atoms with Crippen LogP contribution < -0.4 is 5.32 Å². The average molecular weight is 188 g/mol. The Morgan fingerprint density at radius 2 is 1.92 bits per heavy atom. The van der Waals surface area contributed by atoms with Crippen molar-refractivity contribution >= 4 is 0 Å². The highest BCUT2D eigenvalue weighted by Gasteiger charge is 2.02. The summed E-state index contributed by atoms with van der Waals surface area (Å²) in [4.78, 5) is 2.17. The number of nitrogens with zero attached hydrogens (tertiary/aromatic N) is 1.